The minimum absolute atomic E-state index is 0.0699. The number of carbonyl (C=O) groups is 2. The number of phenolic OH excluding ortho intramolecular Hbond substituents is 2. The predicted molar refractivity (Wildman–Crippen MR) is 88.3 cm³/mol. The van der Waals surface area contributed by atoms with E-state index >= 15 is 0 Å². The summed E-state index contributed by atoms with van der Waals surface area (Å²) in [5.41, 5.74) is 0.311. The SMILES string of the molecule is COc1ccc(C(C)=O)c(O)c1-c1c(OC)ccc(C(C)=O)c1O. The first kappa shape index (κ1) is 17.3. The second-order valence-electron chi connectivity index (χ2n) is 5.19. The molecule has 24 heavy (non-hydrogen) atoms. The van der Waals surface area contributed by atoms with E-state index in [1.165, 1.54) is 52.3 Å². The molecule has 0 unspecified atom stereocenters. The summed E-state index contributed by atoms with van der Waals surface area (Å²) in [6, 6.07) is 5.87. The van der Waals surface area contributed by atoms with Gasteiger partial charge < -0.3 is 19.7 Å². The average molecular weight is 330 g/mol. The summed E-state index contributed by atoms with van der Waals surface area (Å²) in [6.07, 6.45) is 0. The molecular formula is C18H18O6. The highest BCUT2D eigenvalue weighted by molar-refractivity contribution is 6.04. The van der Waals surface area contributed by atoms with Gasteiger partial charge in [0.25, 0.3) is 0 Å². The van der Waals surface area contributed by atoms with Crippen molar-refractivity contribution >= 4 is 11.6 Å². The molecule has 2 N–H and O–H groups in total. The quantitative estimate of drug-likeness (QED) is 0.818. The molecule has 0 aliphatic heterocycles. The molecule has 0 aliphatic rings. The highest BCUT2D eigenvalue weighted by Gasteiger charge is 2.25. The number of carbonyl (C=O) groups excluding carboxylic acids is 2. The zero-order chi connectivity index (χ0) is 18.0. The Labute approximate surface area is 139 Å². The van der Waals surface area contributed by atoms with Crippen molar-refractivity contribution in [3.05, 3.63) is 35.4 Å². The summed E-state index contributed by atoms with van der Waals surface area (Å²) >= 11 is 0. The van der Waals surface area contributed by atoms with Crippen LogP contribution in [0.1, 0.15) is 34.6 Å². The molecule has 0 bridgehead atoms. The zero-order valence-electron chi connectivity index (χ0n) is 13.8. The van der Waals surface area contributed by atoms with Crippen molar-refractivity contribution < 1.29 is 29.3 Å². The molecule has 0 aromatic heterocycles. The van der Waals surface area contributed by atoms with Crippen molar-refractivity contribution in [1.29, 1.82) is 0 Å². The van der Waals surface area contributed by atoms with Crippen LogP contribution in [0.15, 0.2) is 24.3 Å². The van der Waals surface area contributed by atoms with Crippen LogP contribution in [-0.2, 0) is 0 Å². The third kappa shape index (κ3) is 2.78. The number of benzene rings is 2. The van der Waals surface area contributed by atoms with Gasteiger partial charge in [0.2, 0.25) is 0 Å². The van der Waals surface area contributed by atoms with Crippen molar-refractivity contribution in [3.8, 4) is 34.1 Å². The molecule has 2 aromatic rings. The average Bonchev–Trinajstić information content (AvgIpc) is 2.53. The van der Waals surface area contributed by atoms with Crippen molar-refractivity contribution in [2.45, 2.75) is 13.8 Å². The Bertz CT molecular complexity index is 753. The van der Waals surface area contributed by atoms with Crippen LogP contribution in [0.25, 0.3) is 11.1 Å². The molecule has 0 radical (unpaired) electrons. The molecule has 2 rings (SSSR count). The van der Waals surface area contributed by atoms with Crippen LogP contribution in [-0.4, -0.2) is 36.0 Å². The van der Waals surface area contributed by atoms with Gasteiger partial charge >= 0.3 is 0 Å². The van der Waals surface area contributed by atoms with Crippen molar-refractivity contribution in [1.82, 2.24) is 0 Å². The van der Waals surface area contributed by atoms with Gasteiger partial charge in [0.1, 0.15) is 23.0 Å². The van der Waals surface area contributed by atoms with E-state index in [9.17, 15) is 19.8 Å². The first-order valence-electron chi connectivity index (χ1n) is 7.15. The Hall–Kier alpha value is -3.02. The van der Waals surface area contributed by atoms with Gasteiger partial charge in [-0.1, -0.05) is 0 Å². The Morgan fingerprint density at radius 1 is 0.750 bits per heavy atom. The molecular weight excluding hydrogens is 312 g/mol. The predicted octanol–water partition coefficient (Wildman–Crippen LogP) is 3.19. The Morgan fingerprint density at radius 2 is 1.08 bits per heavy atom. The lowest BCUT2D eigenvalue weighted by Gasteiger charge is -2.18. The van der Waals surface area contributed by atoms with Crippen LogP contribution in [0.3, 0.4) is 0 Å². The van der Waals surface area contributed by atoms with Gasteiger partial charge in [-0.3, -0.25) is 9.59 Å². The second kappa shape index (κ2) is 6.62. The molecule has 0 spiro atoms. The van der Waals surface area contributed by atoms with Gasteiger partial charge in [-0.25, -0.2) is 0 Å². The number of methoxy groups -OCH3 is 2. The van der Waals surface area contributed by atoms with Crippen LogP contribution in [0.5, 0.6) is 23.0 Å². The number of hydrogen-bond acceptors (Lipinski definition) is 6. The summed E-state index contributed by atoms with van der Waals surface area (Å²) in [4.78, 5) is 23.4. The summed E-state index contributed by atoms with van der Waals surface area (Å²) in [7, 11) is 2.79. The number of hydrogen-bond donors (Lipinski definition) is 2. The number of Topliss-reactive ketones (excluding diaryl/α,β-unsaturated/α-hetero) is 2. The van der Waals surface area contributed by atoms with E-state index in [0.29, 0.717) is 0 Å². The highest BCUT2D eigenvalue weighted by atomic mass is 16.5. The number of phenols is 2. The van der Waals surface area contributed by atoms with E-state index in [0.717, 1.165) is 0 Å². The smallest absolute Gasteiger partial charge is 0.163 e. The Morgan fingerprint density at radius 3 is 1.33 bits per heavy atom. The Balaban J connectivity index is 2.94. The zero-order valence-corrected chi connectivity index (χ0v) is 13.8. The molecule has 0 fully saturated rings. The van der Waals surface area contributed by atoms with Crippen LogP contribution in [0, 0.1) is 0 Å². The van der Waals surface area contributed by atoms with Crippen LogP contribution >= 0.6 is 0 Å². The molecule has 0 heterocycles. The lowest BCUT2D eigenvalue weighted by atomic mass is 9.94. The number of rotatable bonds is 5. The molecule has 0 amide bonds. The van der Waals surface area contributed by atoms with E-state index < -0.39 is 0 Å². The summed E-state index contributed by atoms with van der Waals surface area (Å²) in [6.45, 7) is 2.63. The second-order valence-corrected chi connectivity index (χ2v) is 5.19. The van der Waals surface area contributed by atoms with Gasteiger partial charge in [0.05, 0.1) is 36.5 Å². The summed E-state index contributed by atoms with van der Waals surface area (Å²) < 4.78 is 10.5. The van der Waals surface area contributed by atoms with Crippen LogP contribution in [0.2, 0.25) is 0 Å². The number of aromatic hydroxyl groups is 2. The topological polar surface area (TPSA) is 93.1 Å². The van der Waals surface area contributed by atoms with Crippen molar-refractivity contribution in [2.24, 2.45) is 0 Å². The van der Waals surface area contributed by atoms with E-state index in [4.69, 9.17) is 9.47 Å². The molecule has 0 atom stereocenters. The third-order valence-electron chi connectivity index (χ3n) is 3.73. The van der Waals surface area contributed by atoms with E-state index in [1.807, 2.05) is 0 Å². The van der Waals surface area contributed by atoms with E-state index in [2.05, 4.69) is 0 Å². The van der Waals surface area contributed by atoms with E-state index in [-0.39, 0.29) is 56.8 Å². The maximum atomic E-state index is 11.7. The molecule has 6 heteroatoms. The standard InChI is InChI=1S/C18H18O6/c1-9(19)11-5-7-13(23-3)15(17(11)21)16-14(24-4)8-6-12(10(2)20)18(16)22/h5-8,21-22H,1-4H3. The highest BCUT2D eigenvalue weighted by Crippen LogP contribution is 2.49. The fourth-order valence-corrected chi connectivity index (χ4v) is 2.54. The lowest BCUT2D eigenvalue weighted by molar-refractivity contribution is 0.100. The number of ether oxygens (including phenoxy) is 2. The van der Waals surface area contributed by atoms with Gasteiger partial charge in [-0.2, -0.15) is 0 Å². The first-order valence-corrected chi connectivity index (χ1v) is 7.15. The molecule has 2 aromatic carbocycles. The first-order chi connectivity index (χ1) is 11.3. The summed E-state index contributed by atoms with van der Waals surface area (Å²) in [5.74, 6) is -0.943. The van der Waals surface area contributed by atoms with Gasteiger partial charge in [0, 0.05) is 0 Å². The van der Waals surface area contributed by atoms with Gasteiger partial charge in [-0.05, 0) is 38.1 Å². The lowest BCUT2D eigenvalue weighted by Crippen LogP contribution is -2.01. The summed E-state index contributed by atoms with van der Waals surface area (Å²) in [5, 5.41) is 21.1. The largest absolute Gasteiger partial charge is 0.506 e. The maximum absolute atomic E-state index is 11.7. The molecule has 126 valence electrons. The van der Waals surface area contributed by atoms with Gasteiger partial charge in [0.15, 0.2) is 11.6 Å². The van der Waals surface area contributed by atoms with Gasteiger partial charge in [-0.15, -0.1) is 0 Å². The normalized spacial score (nSPS) is 10.3. The fraction of sp³-hybridized carbons (Fsp3) is 0.222. The number of ketones is 2. The van der Waals surface area contributed by atoms with Crippen LogP contribution < -0.4 is 9.47 Å². The van der Waals surface area contributed by atoms with E-state index in [1.54, 1.807) is 0 Å². The minimum atomic E-state index is -0.351. The molecule has 0 saturated carbocycles. The van der Waals surface area contributed by atoms with Crippen molar-refractivity contribution in [3.63, 3.8) is 0 Å². The fourth-order valence-electron chi connectivity index (χ4n) is 2.54. The molecule has 0 aliphatic carbocycles. The molecule has 6 nitrogen and oxygen atoms in total. The Kier molecular flexibility index (Phi) is 4.78. The monoisotopic (exact) mass is 330 g/mol. The van der Waals surface area contributed by atoms with Crippen LogP contribution in [0.4, 0.5) is 0 Å². The minimum Gasteiger partial charge on any atom is -0.506 e. The molecule has 0 saturated heterocycles. The third-order valence-corrected chi connectivity index (χ3v) is 3.73. The maximum Gasteiger partial charge on any atom is 0.163 e. The van der Waals surface area contributed by atoms with Crippen molar-refractivity contribution in [2.75, 3.05) is 14.2 Å².